The fourth-order valence-corrected chi connectivity index (χ4v) is 3.73. The Balaban J connectivity index is 0.00000300. The molecule has 0 aliphatic carbocycles. The number of anilines is 1. The first-order chi connectivity index (χ1) is 13.5. The highest BCUT2D eigenvalue weighted by molar-refractivity contribution is 14.0. The fraction of sp³-hybridized carbons (Fsp3) is 0.450. The van der Waals surface area contributed by atoms with Crippen LogP contribution in [0, 0.1) is 13.8 Å². The van der Waals surface area contributed by atoms with E-state index in [0.29, 0.717) is 11.6 Å². The monoisotopic (exact) mass is 530 g/mol. The predicted molar refractivity (Wildman–Crippen MR) is 129 cm³/mol. The number of hydrogen-bond donors (Lipinski definition) is 2. The van der Waals surface area contributed by atoms with Crippen LogP contribution in [0.5, 0.6) is 5.75 Å². The molecular formula is C20H28ClIN6O. The first-order valence-electron chi connectivity index (χ1n) is 9.35. The molecule has 1 aliphatic rings. The third kappa shape index (κ3) is 5.63. The zero-order valence-electron chi connectivity index (χ0n) is 17.2. The van der Waals surface area contributed by atoms with Gasteiger partial charge in [-0.3, -0.25) is 9.98 Å². The fourth-order valence-electron chi connectivity index (χ4n) is 3.49. The number of rotatable bonds is 5. The summed E-state index contributed by atoms with van der Waals surface area (Å²) in [6, 6.07) is 3.99. The van der Waals surface area contributed by atoms with Gasteiger partial charge in [0.25, 0.3) is 0 Å². The summed E-state index contributed by atoms with van der Waals surface area (Å²) in [4.78, 5) is 15.5. The minimum Gasteiger partial charge on any atom is -0.496 e. The highest BCUT2D eigenvalue weighted by Gasteiger charge is 2.25. The minimum absolute atomic E-state index is 0. The third-order valence-electron chi connectivity index (χ3n) is 4.96. The van der Waals surface area contributed by atoms with Crippen molar-refractivity contribution in [2.24, 2.45) is 4.99 Å². The van der Waals surface area contributed by atoms with E-state index in [1.165, 1.54) is 0 Å². The van der Waals surface area contributed by atoms with Gasteiger partial charge in [-0.2, -0.15) is 0 Å². The van der Waals surface area contributed by atoms with Gasteiger partial charge in [0.2, 0.25) is 0 Å². The molecule has 7 nitrogen and oxygen atoms in total. The number of methoxy groups -OCH3 is 1. The van der Waals surface area contributed by atoms with Gasteiger partial charge in [0.15, 0.2) is 5.96 Å². The number of aromatic nitrogens is 2. The number of pyridine rings is 2. The van der Waals surface area contributed by atoms with Gasteiger partial charge in [-0.05, 0) is 32.4 Å². The van der Waals surface area contributed by atoms with Gasteiger partial charge >= 0.3 is 0 Å². The molecule has 1 aliphatic heterocycles. The lowest BCUT2D eigenvalue weighted by Crippen LogP contribution is -2.44. The summed E-state index contributed by atoms with van der Waals surface area (Å²) in [6.45, 7) is 6.33. The van der Waals surface area contributed by atoms with Crippen LogP contribution in [0.3, 0.4) is 0 Å². The Morgan fingerprint density at radius 2 is 2.17 bits per heavy atom. The molecule has 29 heavy (non-hydrogen) atoms. The molecule has 0 aromatic carbocycles. The second-order valence-corrected chi connectivity index (χ2v) is 7.26. The zero-order chi connectivity index (χ0) is 20.1. The first kappa shape index (κ1) is 23.5. The summed E-state index contributed by atoms with van der Waals surface area (Å²) in [7, 11) is 3.46. The van der Waals surface area contributed by atoms with Crippen molar-refractivity contribution in [3.05, 3.63) is 46.4 Å². The summed E-state index contributed by atoms with van der Waals surface area (Å²) in [5, 5.41) is 7.51. The van der Waals surface area contributed by atoms with Crippen LogP contribution in [0.4, 0.5) is 5.82 Å². The molecule has 1 saturated heterocycles. The quantitative estimate of drug-likeness (QED) is 0.351. The van der Waals surface area contributed by atoms with E-state index in [1.807, 2.05) is 32.2 Å². The van der Waals surface area contributed by atoms with Gasteiger partial charge < -0.3 is 20.3 Å². The molecule has 0 bridgehead atoms. The number of nitrogens with one attached hydrogen (secondary N) is 2. The van der Waals surface area contributed by atoms with E-state index in [-0.39, 0.29) is 30.0 Å². The van der Waals surface area contributed by atoms with E-state index in [9.17, 15) is 0 Å². The van der Waals surface area contributed by atoms with Crippen LogP contribution >= 0.6 is 35.6 Å². The summed E-state index contributed by atoms with van der Waals surface area (Å²) in [6.07, 6.45) is 4.60. The second-order valence-electron chi connectivity index (χ2n) is 6.86. The maximum Gasteiger partial charge on any atom is 0.191 e. The average molecular weight is 531 g/mol. The summed E-state index contributed by atoms with van der Waals surface area (Å²) in [5.41, 5.74) is 3.02. The van der Waals surface area contributed by atoms with Crippen molar-refractivity contribution in [1.29, 1.82) is 0 Å². The molecule has 9 heteroatoms. The lowest BCUT2D eigenvalue weighted by Gasteiger charge is -2.20. The molecule has 1 fully saturated rings. The molecule has 1 unspecified atom stereocenters. The number of aryl methyl sites for hydroxylation is 1. The molecular weight excluding hydrogens is 503 g/mol. The highest BCUT2D eigenvalue weighted by Crippen LogP contribution is 2.26. The molecule has 2 N–H and O–H groups in total. The van der Waals surface area contributed by atoms with Crippen molar-refractivity contribution in [2.75, 3.05) is 32.1 Å². The smallest absolute Gasteiger partial charge is 0.191 e. The highest BCUT2D eigenvalue weighted by atomic mass is 127. The lowest BCUT2D eigenvalue weighted by atomic mass is 10.1. The molecule has 0 spiro atoms. The number of nitrogens with zero attached hydrogens (tertiary/aromatic N) is 4. The number of ether oxygens (including phenoxy) is 1. The predicted octanol–water partition coefficient (Wildman–Crippen LogP) is 3.32. The van der Waals surface area contributed by atoms with Crippen LogP contribution in [-0.2, 0) is 6.54 Å². The van der Waals surface area contributed by atoms with Gasteiger partial charge in [-0.25, -0.2) is 4.98 Å². The van der Waals surface area contributed by atoms with Gasteiger partial charge in [-0.1, -0.05) is 11.6 Å². The Morgan fingerprint density at radius 3 is 2.86 bits per heavy atom. The number of guanidine groups is 1. The second kappa shape index (κ2) is 10.8. The molecule has 0 saturated carbocycles. The Hall–Kier alpha value is -1.81. The molecule has 0 radical (unpaired) electrons. The van der Waals surface area contributed by atoms with E-state index in [4.69, 9.17) is 16.3 Å². The van der Waals surface area contributed by atoms with Crippen molar-refractivity contribution in [2.45, 2.75) is 32.9 Å². The van der Waals surface area contributed by atoms with E-state index in [1.54, 1.807) is 20.4 Å². The van der Waals surface area contributed by atoms with Crippen LogP contribution in [-0.4, -0.2) is 49.2 Å². The molecule has 0 amide bonds. The Bertz CT molecular complexity index is 863. The normalized spacial score (nSPS) is 16.4. The SMILES string of the molecule is CN=C(NCc1ncc(C)c(OC)c1C)NC1CCN(c2ncccc2Cl)C1.I. The molecule has 2 aromatic rings. The number of halogens is 2. The zero-order valence-corrected chi connectivity index (χ0v) is 20.3. The van der Waals surface area contributed by atoms with Gasteiger partial charge in [-0.15, -0.1) is 24.0 Å². The number of aliphatic imine (C=N–C) groups is 1. The molecule has 3 heterocycles. The Kier molecular flexibility index (Phi) is 8.76. The van der Waals surface area contributed by atoms with Crippen molar-refractivity contribution >= 4 is 47.4 Å². The molecule has 3 rings (SSSR count). The van der Waals surface area contributed by atoms with Crippen molar-refractivity contribution in [3.8, 4) is 5.75 Å². The van der Waals surface area contributed by atoms with Crippen molar-refractivity contribution in [1.82, 2.24) is 20.6 Å². The van der Waals surface area contributed by atoms with E-state index < -0.39 is 0 Å². The maximum atomic E-state index is 6.28. The Labute approximate surface area is 194 Å². The molecule has 1 atom stereocenters. The van der Waals surface area contributed by atoms with Crippen LogP contribution in [0.1, 0.15) is 23.2 Å². The molecule has 2 aromatic heterocycles. The van der Waals surface area contributed by atoms with Crippen molar-refractivity contribution in [3.63, 3.8) is 0 Å². The van der Waals surface area contributed by atoms with Crippen molar-refractivity contribution < 1.29 is 4.74 Å². The van der Waals surface area contributed by atoms with Crippen LogP contribution < -0.4 is 20.3 Å². The standard InChI is InChI=1S/C20H27ClN6O.HI/c1-13-10-24-17(14(2)18(13)28-4)11-25-20(22-3)26-15-7-9-27(12-15)19-16(21)6-5-8-23-19;/h5-6,8,10,15H,7,9,11-12H2,1-4H3,(H2,22,25,26);1H. The topological polar surface area (TPSA) is 74.7 Å². The maximum absolute atomic E-state index is 6.28. The van der Waals surface area contributed by atoms with E-state index in [0.717, 1.165) is 53.9 Å². The van der Waals surface area contributed by atoms with Crippen LogP contribution in [0.15, 0.2) is 29.5 Å². The van der Waals surface area contributed by atoms with Gasteiger partial charge in [0, 0.05) is 49.7 Å². The van der Waals surface area contributed by atoms with Gasteiger partial charge in [0.05, 0.1) is 24.4 Å². The largest absolute Gasteiger partial charge is 0.496 e. The van der Waals surface area contributed by atoms with E-state index in [2.05, 4.69) is 30.5 Å². The summed E-state index contributed by atoms with van der Waals surface area (Å²) >= 11 is 6.28. The Morgan fingerprint density at radius 1 is 1.38 bits per heavy atom. The minimum atomic E-state index is 0. The first-order valence-corrected chi connectivity index (χ1v) is 9.73. The lowest BCUT2D eigenvalue weighted by molar-refractivity contribution is 0.406. The molecule has 158 valence electrons. The summed E-state index contributed by atoms with van der Waals surface area (Å²) < 4.78 is 5.48. The van der Waals surface area contributed by atoms with Gasteiger partial charge in [0.1, 0.15) is 11.6 Å². The number of hydrogen-bond acceptors (Lipinski definition) is 5. The van der Waals surface area contributed by atoms with E-state index >= 15 is 0 Å². The third-order valence-corrected chi connectivity index (χ3v) is 5.26. The average Bonchev–Trinajstić information content (AvgIpc) is 3.15. The van der Waals surface area contributed by atoms with Crippen LogP contribution in [0.25, 0.3) is 0 Å². The summed E-state index contributed by atoms with van der Waals surface area (Å²) in [5.74, 6) is 2.47. The van der Waals surface area contributed by atoms with Crippen LogP contribution in [0.2, 0.25) is 5.02 Å².